The van der Waals surface area contributed by atoms with E-state index in [4.69, 9.17) is 11.6 Å². The van der Waals surface area contributed by atoms with Crippen molar-refractivity contribution in [1.29, 1.82) is 0 Å². The zero-order chi connectivity index (χ0) is 12.1. The first-order valence-corrected chi connectivity index (χ1v) is 5.80. The van der Waals surface area contributed by atoms with Crippen LogP contribution in [0.2, 0.25) is 5.02 Å². The fourth-order valence-corrected chi connectivity index (χ4v) is 1.59. The molecule has 0 amide bonds. The second-order valence-corrected chi connectivity index (χ2v) is 4.21. The SMILES string of the molecule is CC(NNc1ccc(Cl)cc1)c1ccncc1. The molecule has 0 radical (unpaired) electrons. The quantitative estimate of drug-likeness (QED) is 0.813. The molecule has 1 aromatic carbocycles. The Morgan fingerprint density at radius 3 is 2.35 bits per heavy atom. The molecule has 4 heteroatoms. The third-order valence-electron chi connectivity index (χ3n) is 2.48. The van der Waals surface area contributed by atoms with Crippen molar-refractivity contribution >= 4 is 17.3 Å². The number of halogens is 1. The van der Waals surface area contributed by atoms with Gasteiger partial charge in [-0.15, -0.1) is 0 Å². The highest BCUT2D eigenvalue weighted by Crippen LogP contribution is 2.14. The molecule has 17 heavy (non-hydrogen) atoms. The van der Waals surface area contributed by atoms with E-state index in [0.29, 0.717) is 0 Å². The summed E-state index contributed by atoms with van der Waals surface area (Å²) in [6, 6.07) is 11.7. The smallest absolute Gasteiger partial charge is 0.0488 e. The van der Waals surface area contributed by atoms with Crippen molar-refractivity contribution in [3.63, 3.8) is 0 Å². The second kappa shape index (κ2) is 5.66. The summed E-state index contributed by atoms with van der Waals surface area (Å²) in [4.78, 5) is 3.99. The van der Waals surface area contributed by atoms with Crippen molar-refractivity contribution in [2.75, 3.05) is 5.43 Å². The predicted molar refractivity (Wildman–Crippen MR) is 70.9 cm³/mol. The Balaban J connectivity index is 1.92. The van der Waals surface area contributed by atoms with E-state index in [-0.39, 0.29) is 6.04 Å². The van der Waals surface area contributed by atoms with Crippen molar-refractivity contribution in [2.45, 2.75) is 13.0 Å². The van der Waals surface area contributed by atoms with Crippen LogP contribution >= 0.6 is 11.6 Å². The van der Waals surface area contributed by atoms with Crippen molar-refractivity contribution in [3.05, 3.63) is 59.4 Å². The van der Waals surface area contributed by atoms with Crippen molar-refractivity contribution < 1.29 is 0 Å². The lowest BCUT2D eigenvalue weighted by Gasteiger charge is -2.15. The van der Waals surface area contributed by atoms with Gasteiger partial charge in [0.25, 0.3) is 0 Å². The van der Waals surface area contributed by atoms with Crippen LogP contribution in [0.25, 0.3) is 0 Å². The van der Waals surface area contributed by atoms with Gasteiger partial charge in [0.1, 0.15) is 0 Å². The molecular weight excluding hydrogens is 234 g/mol. The number of aromatic nitrogens is 1. The topological polar surface area (TPSA) is 37.0 Å². The van der Waals surface area contributed by atoms with Crippen LogP contribution in [0.5, 0.6) is 0 Å². The molecule has 0 bridgehead atoms. The maximum absolute atomic E-state index is 5.82. The van der Waals surface area contributed by atoms with Crippen LogP contribution in [-0.2, 0) is 0 Å². The van der Waals surface area contributed by atoms with Gasteiger partial charge in [0.05, 0.1) is 0 Å². The number of anilines is 1. The summed E-state index contributed by atoms with van der Waals surface area (Å²) in [6.45, 7) is 2.08. The first-order chi connectivity index (χ1) is 8.25. The van der Waals surface area contributed by atoms with Crippen LogP contribution < -0.4 is 10.9 Å². The molecule has 0 spiro atoms. The highest BCUT2D eigenvalue weighted by Gasteiger charge is 2.03. The van der Waals surface area contributed by atoms with E-state index in [1.165, 1.54) is 5.56 Å². The number of pyridine rings is 1. The monoisotopic (exact) mass is 247 g/mol. The van der Waals surface area contributed by atoms with Gasteiger partial charge in [0, 0.05) is 29.1 Å². The fraction of sp³-hybridized carbons (Fsp3) is 0.154. The van der Waals surface area contributed by atoms with Gasteiger partial charge in [0.15, 0.2) is 0 Å². The standard InChI is InChI=1S/C13H14ClN3/c1-10(11-6-8-15-9-7-11)16-17-13-4-2-12(14)3-5-13/h2-10,16-17H,1H3. The first-order valence-electron chi connectivity index (χ1n) is 5.43. The summed E-state index contributed by atoms with van der Waals surface area (Å²) in [6.07, 6.45) is 3.58. The molecule has 1 unspecified atom stereocenters. The molecular formula is C13H14ClN3. The van der Waals surface area contributed by atoms with E-state index in [2.05, 4.69) is 22.8 Å². The molecule has 1 aromatic heterocycles. The van der Waals surface area contributed by atoms with Crippen LogP contribution in [-0.4, -0.2) is 4.98 Å². The van der Waals surface area contributed by atoms with Gasteiger partial charge in [-0.1, -0.05) is 11.6 Å². The molecule has 3 nitrogen and oxygen atoms in total. The summed E-state index contributed by atoms with van der Waals surface area (Å²) >= 11 is 5.82. The lowest BCUT2D eigenvalue weighted by Crippen LogP contribution is -2.25. The van der Waals surface area contributed by atoms with Gasteiger partial charge in [-0.05, 0) is 48.9 Å². The number of hydrazine groups is 1. The molecule has 0 aliphatic carbocycles. The number of rotatable bonds is 4. The molecule has 2 aromatic rings. The molecule has 0 saturated heterocycles. The minimum Gasteiger partial charge on any atom is -0.321 e. The van der Waals surface area contributed by atoms with Gasteiger partial charge >= 0.3 is 0 Å². The zero-order valence-corrected chi connectivity index (χ0v) is 10.3. The summed E-state index contributed by atoms with van der Waals surface area (Å²) in [5.41, 5.74) is 8.52. The lowest BCUT2D eigenvalue weighted by molar-refractivity contribution is 0.643. The summed E-state index contributed by atoms with van der Waals surface area (Å²) in [5.74, 6) is 0. The van der Waals surface area contributed by atoms with Gasteiger partial charge in [-0.2, -0.15) is 0 Å². The highest BCUT2D eigenvalue weighted by molar-refractivity contribution is 6.30. The van der Waals surface area contributed by atoms with E-state index in [9.17, 15) is 0 Å². The number of nitrogens with one attached hydrogen (secondary N) is 2. The van der Waals surface area contributed by atoms with Crippen molar-refractivity contribution in [1.82, 2.24) is 10.4 Å². The molecule has 88 valence electrons. The lowest BCUT2D eigenvalue weighted by atomic mass is 10.1. The van der Waals surface area contributed by atoms with Gasteiger partial charge < -0.3 is 5.43 Å². The Labute approximate surface area is 106 Å². The molecule has 2 N–H and O–H groups in total. The largest absolute Gasteiger partial charge is 0.321 e. The molecule has 0 fully saturated rings. The number of hydrogen-bond acceptors (Lipinski definition) is 3. The number of hydrogen-bond donors (Lipinski definition) is 2. The first kappa shape index (κ1) is 11.9. The third-order valence-corrected chi connectivity index (χ3v) is 2.74. The van der Waals surface area contributed by atoms with E-state index >= 15 is 0 Å². The van der Waals surface area contributed by atoms with E-state index < -0.39 is 0 Å². The predicted octanol–water partition coefficient (Wildman–Crippen LogP) is 3.41. The molecule has 1 heterocycles. The van der Waals surface area contributed by atoms with Gasteiger partial charge in [0.2, 0.25) is 0 Å². The van der Waals surface area contributed by atoms with E-state index in [0.717, 1.165) is 10.7 Å². The minimum absolute atomic E-state index is 0.202. The van der Waals surface area contributed by atoms with Crippen LogP contribution in [0, 0.1) is 0 Å². The molecule has 2 rings (SSSR count). The van der Waals surface area contributed by atoms with Crippen molar-refractivity contribution in [3.8, 4) is 0 Å². The summed E-state index contributed by atoms with van der Waals surface area (Å²) in [5, 5.41) is 0.734. The van der Waals surface area contributed by atoms with Crippen LogP contribution in [0.1, 0.15) is 18.5 Å². The van der Waals surface area contributed by atoms with Crippen LogP contribution in [0.4, 0.5) is 5.69 Å². The average Bonchev–Trinajstić information content (AvgIpc) is 2.39. The van der Waals surface area contributed by atoms with E-state index in [1.54, 1.807) is 12.4 Å². The maximum Gasteiger partial charge on any atom is 0.0488 e. The third kappa shape index (κ3) is 3.44. The Bertz CT molecular complexity index is 456. The van der Waals surface area contributed by atoms with E-state index in [1.807, 2.05) is 36.4 Å². The Hall–Kier alpha value is -1.58. The van der Waals surface area contributed by atoms with Crippen LogP contribution in [0.3, 0.4) is 0 Å². The minimum atomic E-state index is 0.202. The molecule has 0 saturated carbocycles. The second-order valence-electron chi connectivity index (χ2n) is 3.78. The molecule has 1 atom stereocenters. The molecule has 0 aliphatic heterocycles. The Kier molecular flexibility index (Phi) is 3.96. The number of nitrogens with zero attached hydrogens (tertiary/aromatic N) is 1. The average molecular weight is 248 g/mol. The van der Waals surface area contributed by atoms with Crippen molar-refractivity contribution in [2.24, 2.45) is 0 Å². The summed E-state index contributed by atoms with van der Waals surface area (Å²) in [7, 11) is 0. The number of benzene rings is 1. The van der Waals surface area contributed by atoms with Gasteiger partial charge in [-0.3, -0.25) is 4.98 Å². The summed E-state index contributed by atoms with van der Waals surface area (Å²) < 4.78 is 0. The normalized spacial score (nSPS) is 12.1. The highest BCUT2D eigenvalue weighted by atomic mass is 35.5. The Morgan fingerprint density at radius 1 is 1.06 bits per heavy atom. The van der Waals surface area contributed by atoms with Gasteiger partial charge in [-0.25, -0.2) is 5.43 Å². The maximum atomic E-state index is 5.82. The fourth-order valence-electron chi connectivity index (χ4n) is 1.46. The Morgan fingerprint density at radius 2 is 1.71 bits per heavy atom. The van der Waals surface area contributed by atoms with Crippen LogP contribution in [0.15, 0.2) is 48.8 Å². The zero-order valence-electron chi connectivity index (χ0n) is 9.52. The molecule has 0 aliphatic rings.